The SMILES string of the molecule is O=P(O)(O)[O][Mo].[Ni].[Ti]. The Bertz CT molecular complexity index is 80.1. The molecule has 4 nitrogen and oxygen atoms in total. The first kappa shape index (κ1) is 16.5. The average Bonchev–Trinajstić information content (AvgIpc) is 1.35. The molecule has 0 saturated carbocycles. The van der Waals surface area contributed by atoms with Crippen LogP contribution in [0.25, 0.3) is 0 Å². The van der Waals surface area contributed by atoms with E-state index < -0.39 is 7.82 Å². The van der Waals surface area contributed by atoms with Crippen LogP contribution in [0.5, 0.6) is 0 Å². The number of hydrogen-bond donors (Lipinski definition) is 2. The second kappa shape index (κ2) is 7.12. The molecule has 0 aliphatic heterocycles. The van der Waals surface area contributed by atoms with Crippen LogP contribution < -0.4 is 0 Å². The van der Waals surface area contributed by atoms with Crippen molar-refractivity contribution in [2.24, 2.45) is 0 Å². The van der Waals surface area contributed by atoms with Crippen LogP contribution in [-0.2, 0) is 66.1 Å². The van der Waals surface area contributed by atoms with Gasteiger partial charge >= 0.3 is 45.5 Å². The van der Waals surface area contributed by atoms with Gasteiger partial charge in [0.05, 0.1) is 0 Å². The molecule has 51 valence electrons. The van der Waals surface area contributed by atoms with Crippen LogP contribution in [0, 0.1) is 0 Å². The molecule has 0 radical (unpaired) electrons. The molecule has 8 heavy (non-hydrogen) atoms. The maximum absolute atomic E-state index is 9.47. The van der Waals surface area contributed by atoms with E-state index in [2.05, 4.69) is 3.18 Å². The molecule has 0 unspecified atom stereocenters. The normalized spacial score (nSPS) is 8.75. The van der Waals surface area contributed by atoms with E-state index in [1.807, 2.05) is 0 Å². The van der Waals surface area contributed by atoms with Gasteiger partial charge in [0.1, 0.15) is 0 Å². The summed E-state index contributed by atoms with van der Waals surface area (Å²) < 4.78 is 13.1. The maximum Gasteiger partial charge on any atom is 0 e. The molecule has 0 rings (SSSR count). The van der Waals surface area contributed by atoms with Gasteiger partial charge in [0.25, 0.3) is 0 Å². The molecule has 0 heterocycles. The molecule has 0 spiro atoms. The second-order valence-corrected chi connectivity index (χ2v) is 2.79. The summed E-state index contributed by atoms with van der Waals surface area (Å²) in [6, 6.07) is 0. The first-order valence-corrected chi connectivity index (χ1v) is 3.28. The van der Waals surface area contributed by atoms with E-state index in [1.165, 1.54) is 0 Å². The average molecular weight is 299 g/mol. The first-order valence-electron chi connectivity index (χ1n) is 0.932. The van der Waals surface area contributed by atoms with Gasteiger partial charge in [0.15, 0.2) is 0 Å². The van der Waals surface area contributed by atoms with Crippen molar-refractivity contribution in [2.45, 2.75) is 0 Å². The Balaban J connectivity index is -0.000000125. The van der Waals surface area contributed by atoms with Gasteiger partial charge in [0.2, 0.25) is 0 Å². The molecule has 0 atom stereocenters. The van der Waals surface area contributed by atoms with Gasteiger partial charge in [-0.3, -0.25) is 0 Å². The van der Waals surface area contributed by atoms with E-state index in [0.29, 0.717) is 0 Å². The number of phosphoric acid groups is 1. The predicted molar refractivity (Wildman–Crippen MR) is 13.1 cm³/mol. The summed E-state index contributed by atoms with van der Waals surface area (Å²) in [5.41, 5.74) is 0. The third-order valence-corrected chi connectivity index (χ3v) is 1.72. The van der Waals surface area contributed by atoms with E-state index >= 15 is 0 Å². The topological polar surface area (TPSA) is 66.8 Å². The summed E-state index contributed by atoms with van der Waals surface area (Å²) in [6.07, 6.45) is 0. The molecule has 0 bridgehead atoms. The zero-order chi connectivity index (χ0) is 5.21. The van der Waals surface area contributed by atoms with Gasteiger partial charge in [-0.15, -0.1) is 0 Å². The molecular formula is H2MoNiO4PTi. The van der Waals surface area contributed by atoms with Gasteiger partial charge in [-0.1, -0.05) is 0 Å². The summed E-state index contributed by atoms with van der Waals surface area (Å²) >= 11 is 0.883. The molecular weight excluding hydrogens is 297 g/mol. The number of rotatable bonds is 1. The van der Waals surface area contributed by atoms with Crippen molar-refractivity contribution >= 4 is 7.82 Å². The fourth-order valence-electron chi connectivity index (χ4n) is 0. The van der Waals surface area contributed by atoms with Crippen molar-refractivity contribution in [1.82, 2.24) is 0 Å². The Morgan fingerprint density at radius 1 is 1.50 bits per heavy atom. The zero-order valence-corrected chi connectivity index (χ0v) is 8.83. The van der Waals surface area contributed by atoms with Crippen molar-refractivity contribution in [2.75, 3.05) is 0 Å². The summed E-state index contributed by atoms with van der Waals surface area (Å²) in [6.45, 7) is 0. The molecule has 2 N–H and O–H groups in total. The Labute approximate surface area is 83.2 Å². The largest absolute Gasteiger partial charge is 0 e. The quantitative estimate of drug-likeness (QED) is 0.508. The molecule has 0 aromatic carbocycles. The summed E-state index contributed by atoms with van der Waals surface area (Å²) in [5, 5.41) is 0. The zero-order valence-electron chi connectivity index (χ0n) is 3.38. The van der Waals surface area contributed by atoms with Crippen LogP contribution in [0.1, 0.15) is 0 Å². The van der Waals surface area contributed by atoms with Gasteiger partial charge < -0.3 is 0 Å². The van der Waals surface area contributed by atoms with E-state index in [0.717, 1.165) is 20.2 Å². The van der Waals surface area contributed by atoms with E-state index in [9.17, 15) is 4.57 Å². The molecule has 0 aliphatic carbocycles. The van der Waals surface area contributed by atoms with E-state index in [4.69, 9.17) is 9.79 Å². The van der Waals surface area contributed by atoms with Crippen LogP contribution in [0.15, 0.2) is 0 Å². The smallest absolute Gasteiger partial charge is 0 e. The van der Waals surface area contributed by atoms with E-state index in [-0.39, 0.29) is 38.2 Å². The van der Waals surface area contributed by atoms with Crippen molar-refractivity contribution in [1.29, 1.82) is 0 Å². The minimum Gasteiger partial charge on any atom is 0 e. The molecule has 0 aliphatic rings. The Morgan fingerprint density at radius 2 is 1.62 bits per heavy atom. The molecule has 0 amide bonds. The molecule has 0 fully saturated rings. The standard InChI is InChI=1S/Mo.Ni.H3O4P.Ti/c;;1-5(2,3)4;/h;;(H3,1,2,3,4);/q+1;;;/p-1. The van der Waals surface area contributed by atoms with Crippen molar-refractivity contribution in [3.05, 3.63) is 0 Å². The monoisotopic (exact) mass is 301 g/mol. The van der Waals surface area contributed by atoms with Gasteiger partial charge in [-0.05, 0) is 0 Å². The van der Waals surface area contributed by atoms with Gasteiger partial charge in [0, 0.05) is 38.2 Å². The van der Waals surface area contributed by atoms with Crippen LogP contribution >= 0.6 is 7.82 Å². The van der Waals surface area contributed by atoms with Crippen LogP contribution in [0.3, 0.4) is 0 Å². The minimum atomic E-state index is -4.14. The second-order valence-electron chi connectivity index (χ2n) is 0.565. The maximum atomic E-state index is 9.47. The Kier molecular flexibility index (Phi) is 14.7. The molecule has 0 aromatic rings. The van der Waals surface area contributed by atoms with E-state index in [1.54, 1.807) is 0 Å². The number of hydrogen-bond acceptors (Lipinski definition) is 2. The first-order chi connectivity index (χ1) is 2.56. The van der Waals surface area contributed by atoms with Gasteiger partial charge in [-0.2, -0.15) is 0 Å². The minimum absolute atomic E-state index is 0. The Morgan fingerprint density at radius 3 is 1.62 bits per heavy atom. The van der Waals surface area contributed by atoms with Crippen LogP contribution in [0.2, 0.25) is 0 Å². The third-order valence-electron chi connectivity index (χ3n) is 0.0971. The summed E-state index contributed by atoms with van der Waals surface area (Å²) in [7, 11) is -4.14. The summed E-state index contributed by atoms with van der Waals surface area (Å²) in [4.78, 5) is 15.4. The molecule has 0 aromatic heterocycles. The Hall–Kier alpha value is 2.01. The van der Waals surface area contributed by atoms with Crippen molar-refractivity contribution < 1.29 is 75.9 Å². The van der Waals surface area contributed by atoms with Crippen LogP contribution in [-0.4, -0.2) is 9.79 Å². The molecule has 0 saturated heterocycles. The fourth-order valence-corrected chi connectivity index (χ4v) is 0. The van der Waals surface area contributed by atoms with Crippen molar-refractivity contribution in [3.8, 4) is 0 Å². The molecule has 8 heteroatoms. The third kappa shape index (κ3) is 15.7. The summed E-state index contributed by atoms with van der Waals surface area (Å²) in [5.74, 6) is 0. The van der Waals surface area contributed by atoms with Crippen LogP contribution in [0.4, 0.5) is 0 Å². The predicted octanol–water partition coefficient (Wildman–Crippen LogP) is -0.448. The fraction of sp³-hybridized carbons (Fsp3) is 0. The van der Waals surface area contributed by atoms with Gasteiger partial charge in [-0.25, -0.2) is 0 Å². The van der Waals surface area contributed by atoms with Crippen molar-refractivity contribution in [3.63, 3.8) is 0 Å².